The molecule has 5 nitrogen and oxygen atoms in total. The molecule has 1 saturated heterocycles. The zero-order valence-electron chi connectivity index (χ0n) is 15.5. The number of nitrogens with zero attached hydrogens (tertiary/aromatic N) is 1. The molecule has 2 unspecified atom stereocenters. The molecule has 2 aromatic rings. The van der Waals surface area contributed by atoms with Crippen molar-refractivity contribution in [3.63, 3.8) is 0 Å². The van der Waals surface area contributed by atoms with Crippen molar-refractivity contribution in [2.45, 2.75) is 38.6 Å². The predicted octanol–water partition coefficient (Wildman–Crippen LogP) is 3.55. The highest BCUT2D eigenvalue weighted by molar-refractivity contribution is 7.91. The standard InChI is InChI=1S/C20H26N2O3S/c1-15-4-6-18(7-5-15)14-26(23,24)21-19-8-10-20(11-9-19)22-16(2)12-25-13-17(22)3/h4-11,16-17,21H,12-14H2,1-3H3. The van der Waals surface area contributed by atoms with Crippen molar-refractivity contribution in [2.75, 3.05) is 22.8 Å². The maximum absolute atomic E-state index is 12.4. The first kappa shape index (κ1) is 18.7. The highest BCUT2D eigenvalue weighted by Crippen LogP contribution is 2.25. The summed E-state index contributed by atoms with van der Waals surface area (Å²) >= 11 is 0. The molecular weight excluding hydrogens is 348 g/mol. The van der Waals surface area contributed by atoms with E-state index in [0.29, 0.717) is 31.0 Å². The normalized spacial score (nSPS) is 20.8. The summed E-state index contributed by atoms with van der Waals surface area (Å²) in [5, 5.41) is 0. The maximum Gasteiger partial charge on any atom is 0.236 e. The molecule has 1 fully saturated rings. The Morgan fingerprint density at radius 2 is 1.58 bits per heavy atom. The second kappa shape index (κ2) is 7.68. The van der Waals surface area contributed by atoms with Gasteiger partial charge in [0.25, 0.3) is 0 Å². The number of sulfonamides is 1. The Balaban J connectivity index is 1.69. The molecular formula is C20H26N2O3S. The fourth-order valence-corrected chi connectivity index (χ4v) is 4.53. The molecule has 1 aliphatic rings. The van der Waals surface area contributed by atoms with Gasteiger partial charge >= 0.3 is 0 Å². The van der Waals surface area contributed by atoms with Crippen LogP contribution in [0.5, 0.6) is 0 Å². The van der Waals surface area contributed by atoms with E-state index in [2.05, 4.69) is 23.5 Å². The van der Waals surface area contributed by atoms with Crippen molar-refractivity contribution in [1.29, 1.82) is 0 Å². The first-order valence-electron chi connectivity index (χ1n) is 8.86. The number of rotatable bonds is 5. The number of hydrogen-bond donors (Lipinski definition) is 1. The number of ether oxygens (including phenoxy) is 1. The number of nitrogens with one attached hydrogen (secondary N) is 1. The van der Waals surface area contributed by atoms with E-state index < -0.39 is 10.0 Å². The Labute approximate surface area is 156 Å². The lowest BCUT2D eigenvalue weighted by Gasteiger charge is -2.40. The van der Waals surface area contributed by atoms with Crippen LogP contribution in [0, 0.1) is 6.92 Å². The second-order valence-electron chi connectivity index (χ2n) is 7.04. The van der Waals surface area contributed by atoms with Gasteiger partial charge in [0.2, 0.25) is 10.0 Å². The first-order chi connectivity index (χ1) is 12.3. The molecule has 0 bridgehead atoms. The molecule has 0 aliphatic carbocycles. The lowest BCUT2D eigenvalue weighted by Crippen LogP contribution is -2.49. The van der Waals surface area contributed by atoms with Gasteiger partial charge < -0.3 is 9.64 Å². The summed E-state index contributed by atoms with van der Waals surface area (Å²) in [4.78, 5) is 2.31. The van der Waals surface area contributed by atoms with Gasteiger partial charge in [-0.2, -0.15) is 0 Å². The van der Waals surface area contributed by atoms with Crippen molar-refractivity contribution in [1.82, 2.24) is 0 Å². The van der Waals surface area contributed by atoms with Crippen molar-refractivity contribution in [3.8, 4) is 0 Å². The summed E-state index contributed by atoms with van der Waals surface area (Å²) in [5.41, 5.74) is 3.54. The highest BCUT2D eigenvalue weighted by Gasteiger charge is 2.25. The van der Waals surface area contributed by atoms with Crippen LogP contribution in [0.4, 0.5) is 11.4 Å². The molecule has 1 N–H and O–H groups in total. The summed E-state index contributed by atoms with van der Waals surface area (Å²) in [7, 11) is -3.44. The summed E-state index contributed by atoms with van der Waals surface area (Å²) in [6.07, 6.45) is 0. The highest BCUT2D eigenvalue weighted by atomic mass is 32.2. The van der Waals surface area contributed by atoms with E-state index >= 15 is 0 Å². The van der Waals surface area contributed by atoms with Gasteiger partial charge in [-0.05, 0) is 50.6 Å². The quantitative estimate of drug-likeness (QED) is 0.869. The van der Waals surface area contributed by atoms with Crippen LogP contribution >= 0.6 is 0 Å². The fourth-order valence-electron chi connectivity index (χ4n) is 3.33. The Hall–Kier alpha value is -2.05. The minimum atomic E-state index is -3.44. The van der Waals surface area contributed by atoms with Crippen molar-refractivity contribution in [2.24, 2.45) is 0 Å². The number of anilines is 2. The van der Waals surface area contributed by atoms with Crippen LogP contribution < -0.4 is 9.62 Å². The smallest absolute Gasteiger partial charge is 0.236 e. The second-order valence-corrected chi connectivity index (χ2v) is 8.76. The average Bonchev–Trinajstić information content (AvgIpc) is 2.58. The third-order valence-electron chi connectivity index (χ3n) is 4.58. The van der Waals surface area contributed by atoms with Crippen molar-refractivity contribution in [3.05, 3.63) is 59.7 Å². The molecule has 2 atom stereocenters. The predicted molar refractivity (Wildman–Crippen MR) is 106 cm³/mol. The molecule has 0 aromatic heterocycles. The van der Waals surface area contributed by atoms with Crippen molar-refractivity contribution < 1.29 is 13.2 Å². The van der Waals surface area contributed by atoms with Crippen LogP contribution in [0.15, 0.2) is 48.5 Å². The minimum Gasteiger partial charge on any atom is -0.377 e. The van der Waals surface area contributed by atoms with E-state index in [1.807, 2.05) is 55.5 Å². The van der Waals surface area contributed by atoms with E-state index in [9.17, 15) is 8.42 Å². The summed E-state index contributed by atoms with van der Waals surface area (Å²) in [6.45, 7) is 7.65. The van der Waals surface area contributed by atoms with Gasteiger partial charge in [0, 0.05) is 23.5 Å². The van der Waals surface area contributed by atoms with E-state index in [1.165, 1.54) is 0 Å². The van der Waals surface area contributed by atoms with Crippen LogP contribution in [0.2, 0.25) is 0 Å². The van der Waals surface area contributed by atoms with Crippen LogP contribution in [-0.2, 0) is 20.5 Å². The van der Waals surface area contributed by atoms with Gasteiger partial charge in [0.05, 0.1) is 19.0 Å². The lowest BCUT2D eigenvalue weighted by atomic mass is 10.1. The third-order valence-corrected chi connectivity index (χ3v) is 5.84. The summed E-state index contributed by atoms with van der Waals surface area (Å²) < 4.78 is 33.0. The van der Waals surface area contributed by atoms with E-state index in [1.54, 1.807) is 0 Å². The van der Waals surface area contributed by atoms with Gasteiger partial charge in [-0.1, -0.05) is 29.8 Å². The van der Waals surface area contributed by atoms with Gasteiger partial charge in [0.15, 0.2) is 0 Å². The maximum atomic E-state index is 12.4. The lowest BCUT2D eigenvalue weighted by molar-refractivity contribution is 0.0757. The van der Waals surface area contributed by atoms with E-state index in [0.717, 1.165) is 16.8 Å². The van der Waals surface area contributed by atoms with Crippen molar-refractivity contribution >= 4 is 21.4 Å². The number of hydrogen-bond acceptors (Lipinski definition) is 4. The molecule has 140 valence electrons. The van der Waals surface area contributed by atoms with Gasteiger partial charge in [-0.3, -0.25) is 4.72 Å². The molecule has 26 heavy (non-hydrogen) atoms. The van der Waals surface area contributed by atoms with Crippen LogP contribution in [0.3, 0.4) is 0 Å². The minimum absolute atomic E-state index is 0.0352. The third kappa shape index (κ3) is 4.56. The van der Waals surface area contributed by atoms with Gasteiger partial charge in [-0.25, -0.2) is 8.42 Å². The molecule has 6 heteroatoms. The SMILES string of the molecule is Cc1ccc(CS(=O)(=O)Nc2ccc(N3C(C)COCC3C)cc2)cc1. The number of benzene rings is 2. The van der Waals surface area contributed by atoms with Gasteiger partial charge in [-0.15, -0.1) is 0 Å². The Morgan fingerprint density at radius 1 is 1.00 bits per heavy atom. The summed E-state index contributed by atoms with van der Waals surface area (Å²) in [6, 6.07) is 15.7. The Morgan fingerprint density at radius 3 is 2.15 bits per heavy atom. The first-order valence-corrected chi connectivity index (χ1v) is 10.5. The monoisotopic (exact) mass is 374 g/mol. The Bertz CT molecular complexity index is 822. The molecule has 1 aliphatic heterocycles. The molecule has 3 rings (SSSR count). The van der Waals surface area contributed by atoms with Crippen LogP contribution in [0.1, 0.15) is 25.0 Å². The largest absolute Gasteiger partial charge is 0.377 e. The van der Waals surface area contributed by atoms with Crippen LogP contribution in [0.25, 0.3) is 0 Å². The molecule has 0 amide bonds. The van der Waals surface area contributed by atoms with E-state index in [4.69, 9.17) is 4.74 Å². The van der Waals surface area contributed by atoms with Gasteiger partial charge in [0.1, 0.15) is 0 Å². The zero-order valence-corrected chi connectivity index (χ0v) is 16.3. The molecule has 0 saturated carbocycles. The number of morpholine rings is 1. The fraction of sp³-hybridized carbons (Fsp3) is 0.400. The molecule has 0 radical (unpaired) electrons. The molecule has 0 spiro atoms. The van der Waals surface area contributed by atoms with Crippen LogP contribution in [-0.4, -0.2) is 33.7 Å². The number of aryl methyl sites for hydroxylation is 1. The molecule has 2 aromatic carbocycles. The molecule has 1 heterocycles. The van der Waals surface area contributed by atoms with E-state index in [-0.39, 0.29) is 5.75 Å². The zero-order chi connectivity index (χ0) is 18.7. The average molecular weight is 375 g/mol. The summed E-state index contributed by atoms with van der Waals surface area (Å²) in [5.74, 6) is -0.0352. The Kier molecular flexibility index (Phi) is 5.53. The topological polar surface area (TPSA) is 58.6 Å².